The highest BCUT2D eigenvalue weighted by Crippen LogP contribution is 2.35. The van der Waals surface area contributed by atoms with Crippen LogP contribution < -0.4 is 0 Å². The third-order valence-corrected chi connectivity index (χ3v) is 8.83. The van der Waals surface area contributed by atoms with Crippen molar-refractivity contribution in [2.75, 3.05) is 6.54 Å². The summed E-state index contributed by atoms with van der Waals surface area (Å²) in [6.45, 7) is 7.44. The van der Waals surface area contributed by atoms with Gasteiger partial charge in [-0.3, -0.25) is 0 Å². The van der Waals surface area contributed by atoms with Gasteiger partial charge in [0.25, 0.3) is 0 Å². The van der Waals surface area contributed by atoms with Crippen molar-refractivity contribution >= 4 is 20.0 Å². The van der Waals surface area contributed by atoms with Gasteiger partial charge in [-0.2, -0.15) is 8.61 Å². The van der Waals surface area contributed by atoms with Crippen LogP contribution in [0.15, 0.2) is 64.4 Å². The van der Waals surface area contributed by atoms with E-state index in [-0.39, 0.29) is 22.3 Å². The summed E-state index contributed by atoms with van der Waals surface area (Å²) in [4.78, 5) is 0.344. The zero-order chi connectivity index (χ0) is 20.7. The molecule has 1 aliphatic rings. The first-order chi connectivity index (χ1) is 13.1. The molecule has 3 rings (SSSR count). The van der Waals surface area contributed by atoms with Crippen molar-refractivity contribution in [3.63, 3.8) is 0 Å². The average molecular weight is 423 g/mol. The Bertz CT molecular complexity index is 1030. The molecule has 6 nitrogen and oxygen atoms in total. The summed E-state index contributed by atoms with van der Waals surface area (Å²) >= 11 is 0. The Hall–Kier alpha value is -1.74. The van der Waals surface area contributed by atoms with Gasteiger partial charge in [-0.1, -0.05) is 49.7 Å². The van der Waals surface area contributed by atoms with Crippen LogP contribution in [-0.4, -0.2) is 44.2 Å². The lowest BCUT2D eigenvalue weighted by Crippen LogP contribution is -2.48. The second kappa shape index (κ2) is 7.59. The van der Waals surface area contributed by atoms with Crippen molar-refractivity contribution < 1.29 is 16.8 Å². The first-order valence-corrected chi connectivity index (χ1v) is 12.1. The summed E-state index contributed by atoms with van der Waals surface area (Å²) in [6, 6.07) is 14.3. The minimum absolute atomic E-state index is 0.116. The van der Waals surface area contributed by atoms with Crippen LogP contribution in [0.3, 0.4) is 0 Å². The van der Waals surface area contributed by atoms with Gasteiger partial charge < -0.3 is 0 Å². The van der Waals surface area contributed by atoms with Crippen LogP contribution in [0.4, 0.5) is 0 Å². The summed E-state index contributed by atoms with van der Waals surface area (Å²) in [5, 5.41) is 0. The smallest absolute Gasteiger partial charge is 0.207 e. The molecule has 8 heteroatoms. The Kier molecular flexibility index (Phi) is 5.69. The number of hydrogen-bond donors (Lipinski definition) is 0. The SMILES string of the molecule is Cc1ccc(S(=O)(=O)N2C[C@@H](C)N(S(=O)(=O)c3ccccc3)[C@H]2C(C)C)cc1. The molecule has 152 valence electrons. The van der Waals surface area contributed by atoms with E-state index in [1.165, 1.54) is 20.7 Å². The maximum Gasteiger partial charge on any atom is 0.244 e. The van der Waals surface area contributed by atoms with Crippen molar-refractivity contribution in [3.8, 4) is 0 Å². The Balaban J connectivity index is 2.07. The molecule has 1 saturated heterocycles. The van der Waals surface area contributed by atoms with Gasteiger partial charge in [-0.15, -0.1) is 0 Å². The molecule has 0 amide bonds. The Labute approximate surface area is 167 Å². The molecule has 2 aromatic carbocycles. The summed E-state index contributed by atoms with van der Waals surface area (Å²) in [6.07, 6.45) is -0.786. The fourth-order valence-electron chi connectivity index (χ4n) is 3.64. The molecular weight excluding hydrogens is 396 g/mol. The fraction of sp³-hybridized carbons (Fsp3) is 0.400. The molecule has 0 N–H and O–H groups in total. The van der Waals surface area contributed by atoms with Gasteiger partial charge in [0, 0.05) is 12.6 Å². The van der Waals surface area contributed by atoms with E-state index in [1.54, 1.807) is 49.4 Å². The molecule has 2 aromatic rings. The van der Waals surface area contributed by atoms with E-state index >= 15 is 0 Å². The predicted octanol–water partition coefficient (Wildman–Crippen LogP) is 3.06. The quantitative estimate of drug-likeness (QED) is 0.742. The van der Waals surface area contributed by atoms with Crippen LogP contribution in [0, 0.1) is 12.8 Å². The summed E-state index contributed by atoms with van der Waals surface area (Å²) < 4.78 is 55.9. The van der Waals surface area contributed by atoms with Crippen LogP contribution >= 0.6 is 0 Å². The molecule has 0 unspecified atom stereocenters. The van der Waals surface area contributed by atoms with E-state index in [4.69, 9.17) is 0 Å². The predicted molar refractivity (Wildman–Crippen MR) is 109 cm³/mol. The minimum atomic E-state index is -3.84. The molecule has 0 aliphatic carbocycles. The van der Waals surface area contributed by atoms with E-state index in [0.717, 1.165) is 5.56 Å². The lowest BCUT2D eigenvalue weighted by Gasteiger charge is -2.33. The van der Waals surface area contributed by atoms with Crippen LogP contribution in [0.5, 0.6) is 0 Å². The second-order valence-electron chi connectivity index (χ2n) is 7.54. The van der Waals surface area contributed by atoms with E-state index in [2.05, 4.69) is 0 Å². The Morgan fingerprint density at radius 2 is 1.39 bits per heavy atom. The number of aryl methyl sites for hydroxylation is 1. The van der Waals surface area contributed by atoms with Gasteiger partial charge in [0.15, 0.2) is 0 Å². The maximum atomic E-state index is 13.3. The molecule has 28 heavy (non-hydrogen) atoms. The number of sulfonamides is 2. The van der Waals surface area contributed by atoms with Gasteiger partial charge in [0.2, 0.25) is 20.0 Å². The van der Waals surface area contributed by atoms with E-state index in [1.807, 2.05) is 20.8 Å². The largest absolute Gasteiger partial charge is 0.244 e. The van der Waals surface area contributed by atoms with Gasteiger partial charge in [-0.25, -0.2) is 16.8 Å². The first-order valence-electron chi connectivity index (χ1n) is 9.24. The van der Waals surface area contributed by atoms with E-state index < -0.39 is 32.3 Å². The molecule has 2 atom stereocenters. The number of rotatable bonds is 5. The monoisotopic (exact) mass is 422 g/mol. The third kappa shape index (κ3) is 3.61. The fourth-order valence-corrected chi connectivity index (χ4v) is 7.42. The number of hydrogen-bond acceptors (Lipinski definition) is 4. The molecule has 1 aliphatic heterocycles. The Morgan fingerprint density at radius 1 is 0.857 bits per heavy atom. The zero-order valence-electron chi connectivity index (χ0n) is 16.5. The van der Waals surface area contributed by atoms with Crippen LogP contribution in [0.2, 0.25) is 0 Å². The van der Waals surface area contributed by atoms with Gasteiger partial charge in [0.05, 0.1) is 16.0 Å². The highest BCUT2D eigenvalue weighted by molar-refractivity contribution is 7.90. The Morgan fingerprint density at radius 3 is 1.93 bits per heavy atom. The summed E-state index contributed by atoms with van der Waals surface area (Å²) in [5.74, 6) is -0.219. The third-order valence-electron chi connectivity index (χ3n) is 4.98. The first kappa shape index (κ1) is 21.0. The minimum Gasteiger partial charge on any atom is -0.207 e. The lowest BCUT2D eigenvalue weighted by molar-refractivity contribution is 0.208. The average Bonchev–Trinajstić information content (AvgIpc) is 3.02. The van der Waals surface area contributed by atoms with E-state index in [9.17, 15) is 16.8 Å². The number of nitrogens with zero attached hydrogens (tertiary/aromatic N) is 2. The van der Waals surface area contributed by atoms with Crippen molar-refractivity contribution in [2.45, 2.75) is 49.7 Å². The zero-order valence-corrected chi connectivity index (χ0v) is 18.1. The standard InChI is InChI=1S/C20H26N2O4S2/c1-15(2)20-21(27(23,24)19-12-10-16(3)11-13-19)14-17(4)22(20)28(25,26)18-8-6-5-7-9-18/h5-13,15,17,20H,14H2,1-4H3/t17-,20+/m1/s1. The van der Waals surface area contributed by atoms with Crippen molar-refractivity contribution in [2.24, 2.45) is 5.92 Å². The highest BCUT2D eigenvalue weighted by atomic mass is 32.2. The molecule has 0 bridgehead atoms. The van der Waals surface area contributed by atoms with Crippen molar-refractivity contribution in [3.05, 3.63) is 60.2 Å². The van der Waals surface area contributed by atoms with Crippen LogP contribution in [0.1, 0.15) is 26.3 Å². The van der Waals surface area contributed by atoms with Gasteiger partial charge in [0.1, 0.15) is 0 Å². The van der Waals surface area contributed by atoms with Crippen molar-refractivity contribution in [1.82, 2.24) is 8.61 Å². The summed E-state index contributed by atoms with van der Waals surface area (Å²) in [7, 11) is -7.67. The molecule has 0 radical (unpaired) electrons. The topological polar surface area (TPSA) is 74.8 Å². The second-order valence-corrected chi connectivity index (χ2v) is 11.3. The molecule has 1 heterocycles. The molecular formula is C20H26N2O4S2. The molecule has 0 spiro atoms. The lowest BCUT2D eigenvalue weighted by atomic mass is 10.2. The number of benzene rings is 2. The van der Waals surface area contributed by atoms with Gasteiger partial charge in [-0.05, 0) is 44.0 Å². The van der Waals surface area contributed by atoms with Crippen LogP contribution in [0.25, 0.3) is 0 Å². The molecule has 0 saturated carbocycles. The molecule has 1 fully saturated rings. The highest BCUT2D eigenvalue weighted by Gasteiger charge is 2.50. The van der Waals surface area contributed by atoms with E-state index in [0.29, 0.717) is 0 Å². The van der Waals surface area contributed by atoms with Crippen molar-refractivity contribution in [1.29, 1.82) is 0 Å². The van der Waals surface area contributed by atoms with Gasteiger partial charge >= 0.3 is 0 Å². The maximum absolute atomic E-state index is 13.3. The normalized spacial score (nSPS) is 22.0. The summed E-state index contributed by atoms with van der Waals surface area (Å²) in [5.41, 5.74) is 0.961. The molecule has 0 aromatic heterocycles. The van der Waals surface area contributed by atoms with Crippen LogP contribution in [-0.2, 0) is 20.0 Å².